The number of aromatic nitrogens is 1. The van der Waals surface area contributed by atoms with E-state index in [1.165, 1.54) is 4.57 Å². The van der Waals surface area contributed by atoms with Crippen molar-refractivity contribution in [1.29, 1.82) is 0 Å². The summed E-state index contributed by atoms with van der Waals surface area (Å²) in [5.41, 5.74) is 7.58. The van der Waals surface area contributed by atoms with Gasteiger partial charge in [-0.2, -0.15) is 0 Å². The molecule has 1 aromatic heterocycles. The van der Waals surface area contributed by atoms with E-state index in [-0.39, 0.29) is 6.42 Å². The van der Waals surface area contributed by atoms with Crippen molar-refractivity contribution >= 4 is 22.8 Å². The molecular weight excluding hydrogens is 250 g/mol. The zero-order valence-electron chi connectivity index (χ0n) is 10.4. The van der Waals surface area contributed by atoms with Gasteiger partial charge in [0.25, 0.3) is 0 Å². The largest absolute Gasteiger partial charge is 0.481 e. The number of oxazole rings is 1. The molecule has 0 fully saturated rings. The highest BCUT2D eigenvalue weighted by Gasteiger charge is 2.09. The Bertz CT molecular complexity index is 659. The molecule has 2 aromatic rings. The van der Waals surface area contributed by atoms with Crippen LogP contribution in [0.3, 0.4) is 0 Å². The molecule has 7 nitrogen and oxygen atoms in total. The number of carboxylic acids is 1. The maximum absolute atomic E-state index is 11.3. The molecule has 0 amide bonds. The molecule has 19 heavy (non-hydrogen) atoms. The van der Waals surface area contributed by atoms with Crippen molar-refractivity contribution < 1.29 is 14.3 Å². The van der Waals surface area contributed by atoms with Gasteiger partial charge in [-0.15, -0.1) is 0 Å². The van der Waals surface area contributed by atoms with Gasteiger partial charge >= 0.3 is 11.7 Å². The first-order chi connectivity index (χ1) is 8.97. The number of benzene rings is 1. The van der Waals surface area contributed by atoms with Gasteiger partial charge in [-0.1, -0.05) is 0 Å². The van der Waals surface area contributed by atoms with Gasteiger partial charge in [0.1, 0.15) is 0 Å². The van der Waals surface area contributed by atoms with Gasteiger partial charge in [0.2, 0.25) is 0 Å². The van der Waals surface area contributed by atoms with Crippen molar-refractivity contribution in [2.45, 2.75) is 12.5 Å². The van der Waals surface area contributed by atoms with E-state index in [9.17, 15) is 9.59 Å². The third-order valence-electron chi connectivity index (χ3n) is 2.80. The van der Waals surface area contributed by atoms with E-state index >= 15 is 0 Å². The van der Waals surface area contributed by atoms with Gasteiger partial charge in [0.15, 0.2) is 5.58 Å². The van der Waals surface area contributed by atoms with Gasteiger partial charge in [-0.05, 0) is 18.2 Å². The lowest BCUT2D eigenvalue weighted by Crippen LogP contribution is -2.31. The second-order valence-electron chi connectivity index (χ2n) is 4.35. The van der Waals surface area contributed by atoms with Crippen LogP contribution in [0.5, 0.6) is 0 Å². The van der Waals surface area contributed by atoms with Crippen LogP contribution in [0.1, 0.15) is 6.42 Å². The predicted octanol–water partition coefficient (Wildman–Crippen LogP) is 0.345. The maximum atomic E-state index is 11.3. The molecule has 4 N–H and O–H groups in total. The number of nitrogens with zero attached hydrogens (tertiary/aromatic N) is 1. The highest BCUT2D eigenvalue weighted by Crippen LogP contribution is 2.17. The Labute approximate surface area is 108 Å². The lowest BCUT2D eigenvalue weighted by Gasteiger charge is -2.11. The second-order valence-corrected chi connectivity index (χ2v) is 4.35. The van der Waals surface area contributed by atoms with Crippen molar-refractivity contribution in [2.24, 2.45) is 12.8 Å². The topological polar surface area (TPSA) is 110 Å². The normalized spacial score (nSPS) is 12.5. The number of nitrogens with two attached hydrogens (primary N) is 1. The third-order valence-corrected chi connectivity index (χ3v) is 2.80. The Morgan fingerprint density at radius 2 is 2.32 bits per heavy atom. The van der Waals surface area contributed by atoms with E-state index in [4.69, 9.17) is 15.3 Å². The van der Waals surface area contributed by atoms with E-state index in [0.717, 1.165) is 5.69 Å². The summed E-state index contributed by atoms with van der Waals surface area (Å²) < 4.78 is 6.41. The fourth-order valence-corrected chi connectivity index (χ4v) is 1.78. The van der Waals surface area contributed by atoms with Gasteiger partial charge < -0.3 is 20.6 Å². The summed E-state index contributed by atoms with van der Waals surface area (Å²) in [4.78, 5) is 21.8. The van der Waals surface area contributed by atoms with Gasteiger partial charge in [0.05, 0.1) is 11.9 Å². The molecule has 1 atom stereocenters. The van der Waals surface area contributed by atoms with Crippen LogP contribution >= 0.6 is 0 Å². The Balaban J connectivity index is 2.11. The molecular formula is C12H15N3O4. The van der Waals surface area contributed by atoms with E-state index in [1.54, 1.807) is 25.2 Å². The summed E-state index contributed by atoms with van der Waals surface area (Å²) >= 11 is 0. The lowest BCUT2D eigenvalue weighted by atomic mass is 10.2. The molecule has 0 bridgehead atoms. The monoisotopic (exact) mass is 265 g/mol. The molecule has 0 saturated carbocycles. The molecule has 2 rings (SSSR count). The number of aryl methyl sites for hydroxylation is 1. The van der Waals surface area contributed by atoms with Crippen molar-refractivity contribution in [1.82, 2.24) is 4.57 Å². The van der Waals surface area contributed by atoms with E-state index in [1.807, 2.05) is 0 Å². The van der Waals surface area contributed by atoms with E-state index in [0.29, 0.717) is 17.6 Å². The van der Waals surface area contributed by atoms with Crippen LogP contribution in [0.25, 0.3) is 11.1 Å². The molecule has 1 heterocycles. The molecule has 1 aromatic carbocycles. The predicted molar refractivity (Wildman–Crippen MR) is 70.2 cm³/mol. The van der Waals surface area contributed by atoms with Crippen molar-refractivity contribution in [3.8, 4) is 0 Å². The molecule has 0 spiro atoms. The van der Waals surface area contributed by atoms with Crippen LogP contribution in [-0.2, 0) is 11.8 Å². The first-order valence-electron chi connectivity index (χ1n) is 5.78. The number of carbonyl (C=O) groups is 1. The number of anilines is 1. The number of fused-ring (bicyclic) bond motifs is 1. The Morgan fingerprint density at radius 3 is 3.00 bits per heavy atom. The second kappa shape index (κ2) is 5.15. The first kappa shape index (κ1) is 13.2. The summed E-state index contributed by atoms with van der Waals surface area (Å²) in [7, 11) is 1.62. The maximum Gasteiger partial charge on any atom is 0.419 e. The third kappa shape index (κ3) is 2.94. The number of aliphatic carboxylic acids is 1. The van der Waals surface area contributed by atoms with Crippen LogP contribution in [0, 0.1) is 0 Å². The Morgan fingerprint density at radius 1 is 1.58 bits per heavy atom. The molecule has 7 heteroatoms. The number of rotatable bonds is 5. The van der Waals surface area contributed by atoms with Crippen molar-refractivity contribution in [3.63, 3.8) is 0 Å². The summed E-state index contributed by atoms with van der Waals surface area (Å²) in [6.45, 7) is 0.337. The van der Waals surface area contributed by atoms with Gasteiger partial charge in [-0.3, -0.25) is 9.36 Å². The number of hydrogen-bond donors (Lipinski definition) is 3. The van der Waals surface area contributed by atoms with Crippen molar-refractivity contribution in [3.05, 3.63) is 28.7 Å². The molecule has 1 unspecified atom stereocenters. The molecule has 0 aliphatic rings. The van der Waals surface area contributed by atoms with Gasteiger partial charge in [0, 0.05) is 25.3 Å². The first-order valence-corrected chi connectivity index (χ1v) is 5.78. The van der Waals surface area contributed by atoms with E-state index < -0.39 is 17.8 Å². The van der Waals surface area contributed by atoms with Gasteiger partial charge in [-0.25, -0.2) is 4.79 Å². The molecule has 0 radical (unpaired) electrons. The Kier molecular flexibility index (Phi) is 3.57. The zero-order chi connectivity index (χ0) is 14.0. The van der Waals surface area contributed by atoms with E-state index in [2.05, 4.69) is 5.32 Å². The average Bonchev–Trinajstić information content (AvgIpc) is 2.62. The highest BCUT2D eigenvalue weighted by molar-refractivity contribution is 5.77. The summed E-state index contributed by atoms with van der Waals surface area (Å²) in [5, 5.41) is 11.6. The quantitative estimate of drug-likeness (QED) is 0.719. The Hall–Kier alpha value is -2.28. The van der Waals surface area contributed by atoms with Crippen molar-refractivity contribution in [2.75, 3.05) is 11.9 Å². The lowest BCUT2D eigenvalue weighted by molar-refractivity contribution is -0.137. The minimum atomic E-state index is -0.929. The van der Waals surface area contributed by atoms with Crippen LogP contribution in [0.4, 0.5) is 5.69 Å². The molecule has 0 aliphatic heterocycles. The smallest absolute Gasteiger partial charge is 0.419 e. The molecule has 102 valence electrons. The zero-order valence-corrected chi connectivity index (χ0v) is 10.4. The highest BCUT2D eigenvalue weighted by atomic mass is 16.4. The number of hydrogen-bond acceptors (Lipinski definition) is 5. The SMILES string of the molecule is Cn1c(=O)oc2ccc(NCC(N)CC(=O)O)cc21. The minimum Gasteiger partial charge on any atom is -0.481 e. The molecule has 0 saturated heterocycles. The summed E-state index contributed by atoms with van der Waals surface area (Å²) in [6, 6.07) is 4.72. The molecule has 0 aliphatic carbocycles. The number of nitrogens with one attached hydrogen (secondary N) is 1. The summed E-state index contributed by atoms with van der Waals surface area (Å²) in [6.07, 6.45) is -0.0978. The van der Waals surface area contributed by atoms with Crippen LogP contribution in [-0.4, -0.2) is 28.2 Å². The summed E-state index contributed by atoms with van der Waals surface area (Å²) in [5.74, 6) is -1.35. The fraction of sp³-hybridized carbons (Fsp3) is 0.333. The fourth-order valence-electron chi connectivity index (χ4n) is 1.78. The number of carboxylic acid groups (broad SMARTS) is 1. The van der Waals surface area contributed by atoms with Crippen LogP contribution in [0.2, 0.25) is 0 Å². The average molecular weight is 265 g/mol. The standard InChI is InChI=1S/C12H15N3O4/c1-15-9-5-8(2-3-10(9)19-12(15)18)14-6-7(13)4-11(16)17/h2-3,5,7,14H,4,6,13H2,1H3,(H,16,17). The van der Waals surface area contributed by atoms with Crippen LogP contribution in [0.15, 0.2) is 27.4 Å². The minimum absolute atomic E-state index is 0.0978. The van der Waals surface area contributed by atoms with Crippen LogP contribution < -0.4 is 16.8 Å².